The minimum atomic E-state index is -4.44. The molecule has 0 N–H and O–H groups in total. The molecule has 24 heavy (non-hydrogen) atoms. The number of amides is 1. The first-order chi connectivity index (χ1) is 11.2. The van der Waals surface area contributed by atoms with Crippen molar-refractivity contribution in [2.24, 2.45) is 7.05 Å². The quantitative estimate of drug-likeness (QED) is 0.798. The minimum Gasteiger partial charge on any atom is -0.307 e. The van der Waals surface area contributed by atoms with E-state index in [9.17, 15) is 22.8 Å². The van der Waals surface area contributed by atoms with Crippen LogP contribution in [-0.4, -0.2) is 33.0 Å². The van der Waals surface area contributed by atoms with E-state index in [0.717, 1.165) is 4.68 Å². The number of nitrogens with zero attached hydrogens (tertiary/aromatic N) is 4. The van der Waals surface area contributed by atoms with Crippen molar-refractivity contribution >= 4 is 11.7 Å². The first-order valence-electron chi connectivity index (χ1n) is 7.31. The van der Waals surface area contributed by atoms with Crippen LogP contribution in [0.3, 0.4) is 0 Å². The summed E-state index contributed by atoms with van der Waals surface area (Å²) in [5.41, 5.74) is 0.134. The lowest BCUT2D eigenvalue weighted by Gasteiger charge is -2.34. The van der Waals surface area contributed by atoms with E-state index in [0.29, 0.717) is 5.69 Å². The van der Waals surface area contributed by atoms with Crippen LogP contribution in [0.5, 0.6) is 0 Å². The lowest BCUT2D eigenvalue weighted by atomic mass is 10.1. The Labute approximate surface area is 135 Å². The van der Waals surface area contributed by atoms with Gasteiger partial charge in [-0.15, -0.1) is 0 Å². The molecule has 2 aromatic rings. The zero-order chi connectivity index (χ0) is 17.6. The van der Waals surface area contributed by atoms with Crippen LogP contribution in [0.4, 0.5) is 19.0 Å². The number of fused-ring (bicyclic) bond motifs is 1. The van der Waals surface area contributed by atoms with Crippen molar-refractivity contribution in [3.05, 3.63) is 46.0 Å². The van der Waals surface area contributed by atoms with Crippen molar-refractivity contribution in [2.45, 2.75) is 25.6 Å². The second kappa shape index (κ2) is 5.50. The summed E-state index contributed by atoms with van der Waals surface area (Å²) < 4.78 is 41.6. The molecule has 0 unspecified atom stereocenters. The third-order valence-corrected chi connectivity index (χ3v) is 4.06. The Morgan fingerprint density at radius 1 is 1.33 bits per heavy atom. The van der Waals surface area contributed by atoms with Crippen molar-refractivity contribution in [1.82, 2.24) is 14.3 Å². The van der Waals surface area contributed by atoms with Crippen LogP contribution in [0.2, 0.25) is 0 Å². The van der Waals surface area contributed by atoms with Gasteiger partial charge in [-0.05, 0) is 19.4 Å². The van der Waals surface area contributed by atoms with Gasteiger partial charge in [0, 0.05) is 25.7 Å². The lowest BCUT2D eigenvalue weighted by Crippen LogP contribution is -2.44. The Bertz CT molecular complexity index is 853. The van der Waals surface area contributed by atoms with Gasteiger partial charge in [0.2, 0.25) is 0 Å². The standard InChI is InChI=1S/C15H15F3N4O2/c1-9-8-12-21(7-6-11(15(16,17)18)22(12)19-9)14(24)10-4-3-5-13(23)20(10)2/h3-5,8,11H,6-7H2,1-2H3/t11-/m0/s1. The second-order valence-electron chi connectivity index (χ2n) is 5.70. The maximum atomic E-state index is 13.2. The topological polar surface area (TPSA) is 60.1 Å². The molecule has 0 spiro atoms. The molecular weight excluding hydrogens is 325 g/mol. The molecule has 1 atom stereocenters. The fourth-order valence-corrected chi connectivity index (χ4v) is 2.85. The summed E-state index contributed by atoms with van der Waals surface area (Å²) in [6.45, 7) is 1.47. The van der Waals surface area contributed by atoms with Crippen LogP contribution in [0, 0.1) is 6.92 Å². The number of alkyl halides is 3. The van der Waals surface area contributed by atoms with Gasteiger partial charge in [-0.25, -0.2) is 4.68 Å². The summed E-state index contributed by atoms with van der Waals surface area (Å²) >= 11 is 0. The number of pyridine rings is 1. The number of hydrogen-bond acceptors (Lipinski definition) is 3. The van der Waals surface area contributed by atoms with Crippen LogP contribution in [0.25, 0.3) is 0 Å². The maximum absolute atomic E-state index is 13.2. The highest BCUT2D eigenvalue weighted by atomic mass is 19.4. The van der Waals surface area contributed by atoms with Crippen molar-refractivity contribution in [3.63, 3.8) is 0 Å². The molecule has 1 aliphatic rings. The zero-order valence-corrected chi connectivity index (χ0v) is 13.0. The van der Waals surface area contributed by atoms with E-state index in [4.69, 9.17) is 0 Å². The normalized spacial score (nSPS) is 17.7. The van der Waals surface area contributed by atoms with Gasteiger partial charge in [-0.1, -0.05) is 6.07 Å². The van der Waals surface area contributed by atoms with Crippen LogP contribution >= 0.6 is 0 Å². The second-order valence-corrected chi connectivity index (χ2v) is 5.70. The van der Waals surface area contributed by atoms with E-state index in [1.165, 1.54) is 40.8 Å². The molecule has 0 saturated carbocycles. The molecular formula is C15H15F3N4O2. The third-order valence-electron chi connectivity index (χ3n) is 4.06. The molecule has 1 amide bonds. The van der Waals surface area contributed by atoms with Gasteiger partial charge < -0.3 is 4.57 Å². The van der Waals surface area contributed by atoms with E-state index in [1.54, 1.807) is 6.92 Å². The Hall–Kier alpha value is -2.58. The maximum Gasteiger partial charge on any atom is 0.410 e. The molecule has 3 heterocycles. The zero-order valence-electron chi connectivity index (χ0n) is 13.0. The number of aromatic nitrogens is 3. The van der Waals surface area contributed by atoms with Gasteiger partial charge in [0.25, 0.3) is 11.5 Å². The lowest BCUT2D eigenvalue weighted by molar-refractivity contribution is -0.172. The first-order valence-corrected chi connectivity index (χ1v) is 7.31. The number of rotatable bonds is 1. The van der Waals surface area contributed by atoms with Gasteiger partial charge in [0.15, 0.2) is 6.04 Å². The van der Waals surface area contributed by atoms with Gasteiger partial charge in [0.05, 0.1) is 5.69 Å². The smallest absolute Gasteiger partial charge is 0.307 e. The van der Waals surface area contributed by atoms with Crippen LogP contribution in [0.15, 0.2) is 29.1 Å². The Kier molecular flexibility index (Phi) is 3.73. The van der Waals surface area contributed by atoms with Crippen molar-refractivity contribution < 1.29 is 18.0 Å². The highest BCUT2D eigenvalue weighted by Crippen LogP contribution is 2.39. The first kappa shape index (κ1) is 16.3. The van der Waals surface area contributed by atoms with E-state index >= 15 is 0 Å². The van der Waals surface area contributed by atoms with Crippen molar-refractivity contribution in [2.75, 3.05) is 11.4 Å². The van der Waals surface area contributed by atoms with E-state index in [1.807, 2.05) is 0 Å². The molecule has 2 aromatic heterocycles. The Morgan fingerprint density at radius 3 is 2.71 bits per heavy atom. The van der Waals surface area contributed by atoms with Crippen LogP contribution in [0.1, 0.15) is 28.6 Å². The van der Waals surface area contributed by atoms with E-state index in [-0.39, 0.29) is 30.0 Å². The number of hydrogen-bond donors (Lipinski definition) is 0. The third kappa shape index (κ3) is 2.59. The molecule has 3 rings (SSSR count). The molecule has 128 valence electrons. The molecule has 0 aromatic carbocycles. The molecule has 9 heteroatoms. The molecule has 0 bridgehead atoms. The largest absolute Gasteiger partial charge is 0.410 e. The fraction of sp³-hybridized carbons (Fsp3) is 0.400. The summed E-state index contributed by atoms with van der Waals surface area (Å²) in [4.78, 5) is 25.7. The summed E-state index contributed by atoms with van der Waals surface area (Å²) in [5.74, 6) is -0.445. The van der Waals surface area contributed by atoms with E-state index in [2.05, 4.69) is 5.10 Å². The summed E-state index contributed by atoms with van der Waals surface area (Å²) in [7, 11) is 1.45. The van der Waals surface area contributed by atoms with Crippen LogP contribution in [-0.2, 0) is 7.05 Å². The average molecular weight is 340 g/mol. The molecule has 0 radical (unpaired) electrons. The molecule has 0 fully saturated rings. The van der Waals surface area contributed by atoms with Gasteiger partial charge in [0.1, 0.15) is 11.5 Å². The fourth-order valence-electron chi connectivity index (χ4n) is 2.85. The molecule has 1 aliphatic heterocycles. The van der Waals surface area contributed by atoms with Crippen LogP contribution < -0.4 is 10.5 Å². The predicted octanol–water partition coefficient (Wildman–Crippen LogP) is 2.04. The number of anilines is 1. The van der Waals surface area contributed by atoms with Gasteiger partial charge in [-0.3, -0.25) is 14.5 Å². The number of carbonyl (C=O) groups excluding carboxylic acids is 1. The average Bonchev–Trinajstić information content (AvgIpc) is 2.88. The van der Waals surface area contributed by atoms with E-state index < -0.39 is 18.1 Å². The Balaban J connectivity index is 2.05. The summed E-state index contributed by atoms with van der Waals surface area (Å²) in [6, 6.07) is 3.90. The number of halogens is 3. The van der Waals surface area contributed by atoms with Crippen molar-refractivity contribution in [1.29, 1.82) is 0 Å². The van der Waals surface area contributed by atoms with Crippen molar-refractivity contribution in [3.8, 4) is 0 Å². The monoisotopic (exact) mass is 340 g/mol. The highest BCUT2D eigenvalue weighted by Gasteiger charge is 2.46. The van der Waals surface area contributed by atoms with Gasteiger partial charge >= 0.3 is 6.18 Å². The number of carbonyl (C=O) groups is 1. The Morgan fingerprint density at radius 2 is 2.04 bits per heavy atom. The summed E-state index contributed by atoms with van der Waals surface area (Å²) in [5, 5.41) is 3.90. The van der Waals surface area contributed by atoms with Gasteiger partial charge in [-0.2, -0.15) is 18.3 Å². The molecule has 0 aliphatic carbocycles. The highest BCUT2D eigenvalue weighted by molar-refractivity contribution is 6.04. The molecule has 6 nitrogen and oxygen atoms in total. The minimum absolute atomic E-state index is 0.0855. The number of aryl methyl sites for hydroxylation is 1. The SMILES string of the molecule is Cc1cc2n(n1)[C@H](C(F)(F)F)CCN2C(=O)c1cccc(=O)n1C. The molecule has 0 saturated heterocycles. The summed E-state index contributed by atoms with van der Waals surface area (Å²) in [6.07, 6.45) is -4.73. The predicted molar refractivity (Wildman–Crippen MR) is 80.0 cm³/mol.